The van der Waals surface area contributed by atoms with E-state index in [9.17, 15) is 14.7 Å². The molecule has 2 aliphatic rings. The second kappa shape index (κ2) is 9.44. The van der Waals surface area contributed by atoms with Crippen LogP contribution in [0.5, 0.6) is 0 Å². The van der Waals surface area contributed by atoms with Crippen LogP contribution in [0.15, 0.2) is 29.8 Å². The predicted molar refractivity (Wildman–Crippen MR) is 120 cm³/mol. The molecule has 0 bridgehead atoms. The van der Waals surface area contributed by atoms with Crippen LogP contribution in [-0.2, 0) is 14.3 Å². The van der Waals surface area contributed by atoms with E-state index in [0.29, 0.717) is 48.2 Å². The molecule has 2 saturated heterocycles. The van der Waals surface area contributed by atoms with E-state index in [4.69, 9.17) is 16.3 Å². The first kappa shape index (κ1) is 22.5. The molecule has 0 unspecified atom stereocenters. The number of hydrogen-bond acceptors (Lipinski definition) is 6. The highest BCUT2D eigenvalue weighted by Gasteiger charge is 2.46. The van der Waals surface area contributed by atoms with E-state index in [1.54, 1.807) is 43.0 Å². The van der Waals surface area contributed by atoms with E-state index in [2.05, 4.69) is 15.1 Å². The molecule has 9 heteroatoms. The maximum atomic E-state index is 13.1. The fourth-order valence-electron chi connectivity index (χ4n) is 4.43. The molecule has 2 N–H and O–H groups in total. The number of hydrogen-bond donors (Lipinski definition) is 2. The fourth-order valence-corrected chi connectivity index (χ4v) is 4.55. The van der Waals surface area contributed by atoms with Crippen LogP contribution in [0.1, 0.15) is 35.0 Å². The molecule has 8 nitrogen and oxygen atoms in total. The summed E-state index contributed by atoms with van der Waals surface area (Å²) in [7, 11) is 0. The molecule has 0 saturated carbocycles. The van der Waals surface area contributed by atoms with Crippen molar-refractivity contribution in [2.24, 2.45) is 0 Å². The zero-order valence-corrected chi connectivity index (χ0v) is 19.0. The van der Waals surface area contributed by atoms with Gasteiger partial charge in [0.15, 0.2) is 0 Å². The lowest BCUT2D eigenvalue weighted by atomic mass is 9.94. The predicted octanol–water partition coefficient (Wildman–Crippen LogP) is 2.82. The van der Waals surface area contributed by atoms with Gasteiger partial charge in [-0.3, -0.25) is 19.6 Å². The maximum Gasteiger partial charge on any atom is 0.295 e. The number of halogens is 1. The Morgan fingerprint density at radius 3 is 2.50 bits per heavy atom. The van der Waals surface area contributed by atoms with Crippen molar-refractivity contribution in [3.05, 3.63) is 57.4 Å². The van der Waals surface area contributed by atoms with Gasteiger partial charge in [0.1, 0.15) is 5.76 Å². The molecular formula is C23H27ClN4O4. The lowest BCUT2D eigenvalue weighted by Gasteiger charge is -2.29. The first-order valence-corrected chi connectivity index (χ1v) is 11.1. The number of rotatable bonds is 6. The Kier molecular flexibility index (Phi) is 6.64. The van der Waals surface area contributed by atoms with E-state index in [-0.39, 0.29) is 11.3 Å². The maximum absolute atomic E-state index is 13.1. The number of carbonyl (C=O) groups is 2. The van der Waals surface area contributed by atoms with Crippen LogP contribution in [0.3, 0.4) is 0 Å². The molecule has 0 radical (unpaired) electrons. The summed E-state index contributed by atoms with van der Waals surface area (Å²) in [5.74, 6) is -1.50. The Morgan fingerprint density at radius 1 is 1.19 bits per heavy atom. The first-order valence-electron chi connectivity index (χ1n) is 10.7. The second-order valence-corrected chi connectivity index (χ2v) is 8.60. The Labute approximate surface area is 191 Å². The molecule has 1 amide bonds. The zero-order chi connectivity index (χ0) is 22.8. The van der Waals surface area contributed by atoms with E-state index in [0.717, 1.165) is 25.2 Å². The smallest absolute Gasteiger partial charge is 0.295 e. The number of likely N-dealkylation sites (tertiary alicyclic amines) is 1. The number of morpholine rings is 1. The number of aliphatic hydroxyl groups excluding tert-OH is 1. The summed E-state index contributed by atoms with van der Waals surface area (Å²) in [6.45, 7) is 7.85. The molecule has 4 rings (SSSR count). The summed E-state index contributed by atoms with van der Waals surface area (Å²) in [5.41, 5.74) is 2.45. The number of carbonyl (C=O) groups excluding carboxylic acids is 2. The monoisotopic (exact) mass is 458 g/mol. The second-order valence-electron chi connectivity index (χ2n) is 8.16. The van der Waals surface area contributed by atoms with Gasteiger partial charge in [0, 0.05) is 36.9 Å². The highest BCUT2D eigenvalue weighted by molar-refractivity contribution is 6.46. The molecule has 2 aliphatic heterocycles. The van der Waals surface area contributed by atoms with Crippen LogP contribution < -0.4 is 0 Å². The van der Waals surface area contributed by atoms with Gasteiger partial charge in [-0.15, -0.1) is 0 Å². The Hall–Kier alpha value is -2.68. The number of Topliss-reactive ketones (excluding diaryl/α,β-unsaturated/α-hetero) is 1. The molecule has 170 valence electrons. The van der Waals surface area contributed by atoms with Crippen LogP contribution in [-0.4, -0.2) is 76.2 Å². The molecule has 2 fully saturated rings. The average molecular weight is 459 g/mol. The van der Waals surface area contributed by atoms with Gasteiger partial charge in [0.25, 0.3) is 11.7 Å². The number of nitrogens with zero attached hydrogens (tertiary/aromatic N) is 3. The number of aliphatic hydroxyl groups is 1. The molecule has 3 heterocycles. The number of aromatic amines is 1. The number of aryl methyl sites for hydroxylation is 2. The van der Waals surface area contributed by atoms with Crippen molar-refractivity contribution in [1.29, 1.82) is 0 Å². The molecule has 0 aliphatic carbocycles. The Bertz CT molecular complexity index is 1020. The number of H-pyrrole nitrogens is 1. The zero-order valence-electron chi connectivity index (χ0n) is 18.2. The third kappa shape index (κ3) is 4.30. The van der Waals surface area contributed by atoms with Gasteiger partial charge in [-0.05, 0) is 38.0 Å². The van der Waals surface area contributed by atoms with Crippen molar-refractivity contribution < 1.29 is 19.4 Å². The number of nitrogens with one attached hydrogen (secondary N) is 1. The number of benzene rings is 1. The molecule has 32 heavy (non-hydrogen) atoms. The summed E-state index contributed by atoms with van der Waals surface area (Å²) < 4.78 is 5.39. The SMILES string of the molecule is Cc1n[nH]c(C)c1C(O)=C1C(=O)C(=O)N(CCCN2CCOCC2)[C@H]1c1ccc(Cl)cc1. The van der Waals surface area contributed by atoms with E-state index in [1.807, 2.05) is 0 Å². The minimum Gasteiger partial charge on any atom is -0.507 e. The van der Waals surface area contributed by atoms with Gasteiger partial charge < -0.3 is 14.7 Å². The van der Waals surface area contributed by atoms with E-state index < -0.39 is 17.7 Å². The number of ether oxygens (including phenoxy) is 1. The van der Waals surface area contributed by atoms with Crippen LogP contribution in [0.2, 0.25) is 5.02 Å². The van der Waals surface area contributed by atoms with Crippen molar-refractivity contribution in [1.82, 2.24) is 20.0 Å². The molecule has 1 aromatic heterocycles. The highest BCUT2D eigenvalue weighted by atomic mass is 35.5. The summed E-state index contributed by atoms with van der Waals surface area (Å²) in [4.78, 5) is 30.0. The van der Waals surface area contributed by atoms with Crippen molar-refractivity contribution in [3.8, 4) is 0 Å². The van der Waals surface area contributed by atoms with Crippen LogP contribution in [0.4, 0.5) is 0 Å². The van der Waals surface area contributed by atoms with Gasteiger partial charge in [0.2, 0.25) is 0 Å². The van der Waals surface area contributed by atoms with E-state index in [1.165, 1.54) is 0 Å². The van der Waals surface area contributed by atoms with Crippen molar-refractivity contribution >= 4 is 29.1 Å². The lowest BCUT2D eigenvalue weighted by molar-refractivity contribution is -0.140. The fraction of sp³-hybridized carbons (Fsp3) is 0.435. The molecule has 1 aromatic carbocycles. The number of ketones is 1. The molecular weight excluding hydrogens is 432 g/mol. The largest absolute Gasteiger partial charge is 0.507 e. The molecule has 2 aromatic rings. The topological polar surface area (TPSA) is 98.8 Å². The van der Waals surface area contributed by atoms with E-state index >= 15 is 0 Å². The molecule has 1 atom stereocenters. The number of aromatic nitrogens is 2. The van der Waals surface area contributed by atoms with Crippen molar-refractivity contribution in [2.45, 2.75) is 26.3 Å². The first-order chi connectivity index (χ1) is 15.4. The van der Waals surface area contributed by atoms with Crippen LogP contribution >= 0.6 is 11.6 Å². The molecule has 0 spiro atoms. The van der Waals surface area contributed by atoms with Gasteiger partial charge in [0.05, 0.1) is 36.1 Å². The summed E-state index contributed by atoms with van der Waals surface area (Å²) in [6, 6.07) is 6.33. The van der Waals surface area contributed by atoms with Crippen molar-refractivity contribution in [3.63, 3.8) is 0 Å². The van der Waals surface area contributed by atoms with Gasteiger partial charge in [-0.1, -0.05) is 23.7 Å². The van der Waals surface area contributed by atoms with Gasteiger partial charge in [-0.25, -0.2) is 0 Å². The normalized spacial score (nSPS) is 21.5. The minimum atomic E-state index is -0.689. The average Bonchev–Trinajstić information content (AvgIpc) is 3.25. The summed E-state index contributed by atoms with van der Waals surface area (Å²) >= 11 is 6.07. The lowest BCUT2D eigenvalue weighted by Crippen LogP contribution is -2.38. The highest BCUT2D eigenvalue weighted by Crippen LogP contribution is 2.40. The van der Waals surface area contributed by atoms with Crippen LogP contribution in [0.25, 0.3) is 5.76 Å². The Morgan fingerprint density at radius 2 is 1.88 bits per heavy atom. The Balaban J connectivity index is 1.69. The summed E-state index contributed by atoms with van der Waals surface area (Å²) in [5, 5.41) is 18.7. The number of amides is 1. The van der Waals surface area contributed by atoms with Gasteiger partial charge in [-0.2, -0.15) is 5.10 Å². The third-order valence-electron chi connectivity index (χ3n) is 6.07. The van der Waals surface area contributed by atoms with Crippen LogP contribution in [0, 0.1) is 13.8 Å². The quantitative estimate of drug-likeness (QED) is 0.392. The summed E-state index contributed by atoms with van der Waals surface area (Å²) in [6.07, 6.45) is 0.709. The van der Waals surface area contributed by atoms with Gasteiger partial charge >= 0.3 is 0 Å². The van der Waals surface area contributed by atoms with Crippen molar-refractivity contribution in [2.75, 3.05) is 39.4 Å². The third-order valence-corrected chi connectivity index (χ3v) is 6.32. The standard InChI is InChI=1S/C23H27ClN4O4/c1-14-18(15(2)26-25-14)21(29)19-20(16-4-6-17(24)7-5-16)28(23(31)22(19)30)9-3-8-27-10-12-32-13-11-27/h4-7,20,29H,3,8-13H2,1-2H3,(H,25,26)/t20-/m0/s1. The minimum absolute atomic E-state index is 0.0799.